The van der Waals surface area contributed by atoms with Gasteiger partial charge in [-0.05, 0) is 19.2 Å². The number of piperazine rings is 1. The normalized spacial score (nSPS) is 15.5. The van der Waals surface area contributed by atoms with Crippen LogP contribution < -0.4 is 10.5 Å². The number of ether oxygens (including phenoxy) is 1. The number of anilines is 1. The minimum absolute atomic E-state index is 0.0797. The van der Waals surface area contributed by atoms with Gasteiger partial charge in [-0.1, -0.05) is 12.1 Å². The molecule has 0 saturated carbocycles. The fourth-order valence-electron chi connectivity index (χ4n) is 2.83. The van der Waals surface area contributed by atoms with Crippen molar-refractivity contribution in [2.24, 2.45) is 0 Å². The summed E-state index contributed by atoms with van der Waals surface area (Å²) in [7, 11) is 2.01. The number of alkyl halides is 3. The summed E-state index contributed by atoms with van der Waals surface area (Å²) in [4.78, 5) is 24.5. The molecule has 0 atom stereocenters. The van der Waals surface area contributed by atoms with Crippen molar-refractivity contribution in [1.82, 2.24) is 19.8 Å². The number of halogens is 3. The Labute approximate surface area is 159 Å². The molecule has 28 heavy (non-hydrogen) atoms. The largest absolute Gasteiger partial charge is 0.467 e. The first-order chi connectivity index (χ1) is 13.2. The number of aromatic nitrogens is 2. The van der Waals surface area contributed by atoms with Crippen LogP contribution >= 0.6 is 0 Å². The van der Waals surface area contributed by atoms with Crippen LogP contribution in [0.25, 0.3) is 11.3 Å². The van der Waals surface area contributed by atoms with E-state index in [-0.39, 0.29) is 23.3 Å². The zero-order chi connectivity index (χ0) is 20.3. The second-order valence-electron chi connectivity index (χ2n) is 6.52. The fourth-order valence-corrected chi connectivity index (χ4v) is 2.83. The SMILES string of the molecule is CN1CCN(C(=O)c2cccc(-c3ncc(OCC(F)(F)F)nc3N)c2)CC1. The molecule has 1 aliphatic rings. The maximum absolute atomic E-state index is 12.7. The highest BCUT2D eigenvalue weighted by molar-refractivity contribution is 5.95. The Morgan fingerprint density at radius 3 is 2.61 bits per heavy atom. The first kappa shape index (κ1) is 19.9. The molecule has 1 fully saturated rings. The lowest BCUT2D eigenvalue weighted by Crippen LogP contribution is -2.47. The summed E-state index contributed by atoms with van der Waals surface area (Å²) in [5.74, 6) is -0.487. The van der Waals surface area contributed by atoms with E-state index in [9.17, 15) is 18.0 Å². The molecular formula is C18H20F3N5O2. The number of hydrogen-bond acceptors (Lipinski definition) is 6. The van der Waals surface area contributed by atoms with Crippen molar-refractivity contribution in [1.29, 1.82) is 0 Å². The zero-order valence-electron chi connectivity index (χ0n) is 15.2. The molecule has 2 aromatic rings. The lowest BCUT2D eigenvalue weighted by molar-refractivity contribution is -0.154. The Hall–Kier alpha value is -2.88. The summed E-state index contributed by atoms with van der Waals surface area (Å²) >= 11 is 0. The molecule has 0 bridgehead atoms. The Balaban J connectivity index is 1.77. The van der Waals surface area contributed by atoms with Gasteiger partial charge in [-0.25, -0.2) is 4.98 Å². The van der Waals surface area contributed by atoms with Crippen molar-refractivity contribution in [3.05, 3.63) is 36.0 Å². The summed E-state index contributed by atoms with van der Waals surface area (Å²) in [5, 5.41) is 0. The van der Waals surface area contributed by atoms with Gasteiger partial charge in [0.05, 0.1) is 6.20 Å². The molecule has 2 N–H and O–H groups in total. The first-order valence-corrected chi connectivity index (χ1v) is 8.63. The molecule has 0 spiro atoms. The predicted molar refractivity (Wildman–Crippen MR) is 96.8 cm³/mol. The standard InChI is InChI=1S/C18H20F3N5O2/c1-25-5-7-26(8-6-25)17(27)13-4-2-3-12(9-13)15-16(22)24-14(10-23-15)28-11-18(19,20)21/h2-4,9-10H,5-8,11H2,1H3,(H2,22,24). The number of rotatable bonds is 4. The number of carbonyl (C=O) groups excluding carboxylic acids is 1. The van der Waals surface area contributed by atoms with Gasteiger partial charge < -0.3 is 20.3 Å². The molecule has 1 aliphatic heterocycles. The number of amides is 1. The van der Waals surface area contributed by atoms with E-state index in [1.165, 1.54) is 0 Å². The minimum atomic E-state index is -4.48. The van der Waals surface area contributed by atoms with Crippen LogP contribution in [0.3, 0.4) is 0 Å². The van der Waals surface area contributed by atoms with E-state index < -0.39 is 12.8 Å². The van der Waals surface area contributed by atoms with Crippen molar-refractivity contribution in [3.63, 3.8) is 0 Å². The predicted octanol–water partition coefficient (Wildman–Crippen LogP) is 2.05. The number of benzene rings is 1. The molecule has 1 amide bonds. The van der Waals surface area contributed by atoms with Gasteiger partial charge in [0.25, 0.3) is 5.91 Å². The molecule has 7 nitrogen and oxygen atoms in total. The molecular weight excluding hydrogens is 375 g/mol. The third-order valence-corrected chi connectivity index (χ3v) is 4.33. The Kier molecular flexibility index (Phi) is 5.68. The monoisotopic (exact) mass is 395 g/mol. The van der Waals surface area contributed by atoms with Crippen LogP contribution in [0.5, 0.6) is 5.88 Å². The summed E-state index contributed by atoms with van der Waals surface area (Å²) in [6.07, 6.45) is -3.40. The minimum Gasteiger partial charge on any atom is -0.467 e. The van der Waals surface area contributed by atoms with Crippen LogP contribution in [-0.4, -0.2) is 71.7 Å². The Morgan fingerprint density at radius 1 is 1.25 bits per heavy atom. The highest BCUT2D eigenvalue weighted by Gasteiger charge is 2.29. The highest BCUT2D eigenvalue weighted by atomic mass is 19.4. The number of carbonyl (C=O) groups is 1. The summed E-state index contributed by atoms with van der Waals surface area (Å²) in [6, 6.07) is 6.76. The fraction of sp³-hybridized carbons (Fsp3) is 0.389. The molecule has 150 valence electrons. The van der Waals surface area contributed by atoms with E-state index in [0.29, 0.717) is 24.2 Å². The number of nitrogens with zero attached hydrogens (tertiary/aromatic N) is 4. The van der Waals surface area contributed by atoms with Crippen molar-refractivity contribution in [2.75, 3.05) is 45.6 Å². The smallest absolute Gasteiger partial charge is 0.422 e. The van der Waals surface area contributed by atoms with Gasteiger partial charge >= 0.3 is 6.18 Å². The average Bonchev–Trinajstić information content (AvgIpc) is 2.66. The van der Waals surface area contributed by atoms with E-state index in [0.717, 1.165) is 19.3 Å². The van der Waals surface area contributed by atoms with E-state index in [1.54, 1.807) is 29.2 Å². The molecule has 1 saturated heterocycles. The maximum atomic E-state index is 12.7. The molecule has 1 aromatic carbocycles. The highest BCUT2D eigenvalue weighted by Crippen LogP contribution is 2.26. The topological polar surface area (TPSA) is 84.6 Å². The third kappa shape index (κ3) is 4.89. The van der Waals surface area contributed by atoms with Gasteiger partial charge in [-0.15, -0.1) is 0 Å². The van der Waals surface area contributed by atoms with Gasteiger partial charge in [0, 0.05) is 37.3 Å². The zero-order valence-corrected chi connectivity index (χ0v) is 15.2. The van der Waals surface area contributed by atoms with E-state index >= 15 is 0 Å². The van der Waals surface area contributed by atoms with Gasteiger partial charge in [0.15, 0.2) is 12.4 Å². The van der Waals surface area contributed by atoms with Crippen molar-refractivity contribution in [3.8, 4) is 17.1 Å². The quantitative estimate of drug-likeness (QED) is 0.853. The lowest BCUT2D eigenvalue weighted by atomic mass is 10.1. The summed E-state index contributed by atoms with van der Waals surface area (Å²) in [5.41, 5.74) is 7.15. The second kappa shape index (κ2) is 8.01. The third-order valence-electron chi connectivity index (χ3n) is 4.33. The van der Waals surface area contributed by atoms with E-state index in [1.807, 2.05) is 7.05 Å². The van der Waals surface area contributed by atoms with Gasteiger partial charge in [-0.2, -0.15) is 18.2 Å². The van der Waals surface area contributed by atoms with Crippen LogP contribution in [0.15, 0.2) is 30.5 Å². The van der Waals surface area contributed by atoms with Gasteiger partial charge in [0.2, 0.25) is 5.88 Å². The molecule has 0 unspecified atom stereocenters. The molecule has 2 heterocycles. The molecule has 10 heteroatoms. The molecule has 1 aromatic heterocycles. The number of likely N-dealkylation sites (N-methyl/N-ethyl adjacent to an activating group) is 1. The van der Waals surface area contributed by atoms with Crippen LogP contribution in [0.2, 0.25) is 0 Å². The van der Waals surface area contributed by atoms with Crippen LogP contribution in [0.1, 0.15) is 10.4 Å². The first-order valence-electron chi connectivity index (χ1n) is 8.63. The molecule has 3 rings (SSSR count). The van der Waals surface area contributed by atoms with Gasteiger partial charge in [0.1, 0.15) is 5.69 Å². The van der Waals surface area contributed by atoms with E-state index in [4.69, 9.17) is 5.73 Å². The molecule has 0 radical (unpaired) electrons. The number of nitrogen functional groups attached to an aromatic ring is 1. The van der Waals surface area contributed by atoms with Crippen LogP contribution in [-0.2, 0) is 0 Å². The number of nitrogens with two attached hydrogens (primary N) is 1. The van der Waals surface area contributed by atoms with Gasteiger partial charge in [-0.3, -0.25) is 4.79 Å². The Bertz CT molecular complexity index is 851. The van der Waals surface area contributed by atoms with Crippen molar-refractivity contribution < 1.29 is 22.7 Å². The number of hydrogen-bond donors (Lipinski definition) is 1. The van der Waals surface area contributed by atoms with Crippen molar-refractivity contribution >= 4 is 11.7 Å². The average molecular weight is 395 g/mol. The second-order valence-corrected chi connectivity index (χ2v) is 6.52. The molecule has 0 aliphatic carbocycles. The van der Waals surface area contributed by atoms with Crippen molar-refractivity contribution in [2.45, 2.75) is 6.18 Å². The van der Waals surface area contributed by atoms with Crippen LogP contribution in [0, 0.1) is 0 Å². The van der Waals surface area contributed by atoms with Crippen LogP contribution in [0.4, 0.5) is 19.0 Å². The van der Waals surface area contributed by atoms with E-state index in [2.05, 4.69) is 19.6 Å². The Morgan fingerprint density at radius 2 is 1.96 bits per heavy atom. The maximum Gasteiger partial charge on any atom is 0.422 e. The summed E-state index contributed by atoms with van der Waals surface area (Å²) in [6.45, 7) is 1.43. The summed E-state index contributed by atoms with van der Waals surface area (Å²) < 4.78 is 41.3. The lowest BCUT2D eigenvalue weighted by Gasteiger charge is -2.32.